The smallest absolute Gasteiger partial charge is 0.190 e. The van der Waals surface area contributed by atoms with Crippen molar-refractivity contribution in [1.29, 1.82) is 0 Å². The highest BCUT2D eigenvalue weighted by Gasteiger charge is 2.14. The molecule has 2 aromatic rings. The normalized spacial score (nSPS) is 12.4. The molecule has 2 nitrogen and oxygen atoms in total. The molecule has 0 N–H and O–H groups in total. The van der Waals surface area contributed by atoms with Crippen molar-refractivity contribution in [1.82, 2.24) is 4.98 Å². The molecule has 0 fully saturated rings. The van der Waals surface area contributed by atoms with Gasteiger partial charge in [0.1, 0.15) is 0 Å². The number of allylic oxidation sites excluding steroid dienone is 6. The van der Waals surface area contributed by atoms with Gasteiger partial charge in [0.25, 0.3) is 0 Å². The minimum atomic E-state index is -0.0183. The number of carbonyl (C=O) groups excluding carboxylic acids is 1. The van der Waals surface area contributed by atoms with Crippen LogP contribution in [0.15, 0.2) is 84.6 Å². The summed E-state index contributed by atoms with van der Waals surface area (Å²) in [4.78, 5) is 17.5. The van der Waals surface area contributed by atoms with Crippen molar-refractivity contribution in [2.45, 2.75) is 20.8 Å². The highest BCUT2D eigenvalue weighted by atomic mass is 16.1. The van der Waals surface area contributed by atoms with E-state index in [2.05, 4.69) is 11.6 Å². The van der Waals surface area contributed by atoms with E-state index in [0.29, 0.717) is 16.8 Å². The molecule has 2 rings (SSSR count). The summed E-state index contributed by atoms with van der Waals surface area (Å²) in [5.41, 5.74) is 4.93. The molecule has 0 amide bonds. The Bertz CT molecular complexity index is 855. The summed E-state index contributed by atoms with van der Waals surface area (Å²) in [6.07, 6.45) is 11.0. The van der Waals surface area contributed by atoms with E-state index in [1.807, 2.05) is 87.7 Å². The lowest BCUT2D eigenvalue weighted by Crippen LogP contribution is -2.05. The lowest BCUT2D eigenvalue weighted by molar-refractivity contribution is 0.103. The Kier molecular flexibility index (Phi) is 6.41. The van der Waals surface area contributed by atoms with Crippen LogP contribution in [0.2, 0.25) is 0 Å². The lowest BCUT2D eigenvalue weighted by Gasteiger charge is -2.09. The first kappa shape index (κ1) is 18.3. The minimum Gasteiger partial charge on any atom is -0.289 e. The number of benzene rings is 1. The van der Waals surface area contributed by atoms with Gasteiger partial charge in [-0.2, -0.15) is 0 Å². The highest BCUT2D eigenvalue weighted by Crippen LogP contribution is 2.23. The maximum absolute atomic E-state index is 13.0. The number of rotatable bonds is 6. The summed E-state index contributed by atoms with van der Waals surface area (Å²) >= 11 is 0. The molecule has 1 heterocycles. The predicted molar refractivity (Wildman–Crippen MR) is 106 cm³/mol. The van der Waals surface area contributed by atoms with E-state index in [9.17, 15) is 4.79 Å². The van der Waals surface area contributed by atoms with Gasteiger partial charge >= 0.3 is 0 Å². The quantitative estimate of drug-likeness (QED) is 0.367. The van der Waals surface area contributed by atoms with Crippen molar-refractivity contribution in [3.63, 3.8) is 0 Å². The third-order valence-electron chi connectivity index (χ3n) is 3.78. The SMILES string of the molecule is C=C/C=C(C)\C=C(/C)C(=O)c1cc(-c2ccccc2)cnc1/C=C\C. The van der Waals surface area contributed by atoms with Gasteiger partial charge in [0.05, 0.1) is 5.69 Å². The average Bonchev–Trinajstić information content (AvgIpc) is 2.62. The summed E-state index contributed by atoms with van der Waals surface area (Å²) < 4.78 is 0. The Morgan fingerprint density at radius 2 is 1.84 bits per heavy atom. The second-order valence-corrected chi connectivity index (χ2v) is 5.83. The molecule has 25 heavy (non-hydrogen) atoms. The summed E-state index contributed by atoms with van der Waals surface area (Å²) in [7, 11) is 0. The Labute approximate surface area is 149 Å². The molecule has 0 aliphatic carbocycles. The van der Waals surface area contributed by atoms with Crippen LogP contribution in [0.1, 0.15) is 36.8 Å². The Hall–Kier alpha value is -3.00. The molecule has 0 atom stereocenters. The predicted octanol–water partition coefficient (Wildman–Crippen LogP) is 6.04. The number of hydrogen-bond acceptors (Lipinski definition) is 2. The van der Waals surface area contributed by atoms with Crippen LogP contribution < -0.4 is 0 Å². The van der Waals surface area contributed by atoms with Crippen molar-refractivity contribution in [2.24, 2.45) is 0 Å². The number of ketones is 1. The van der Waals surface area contributed by atoms with Gasteiger partial charge in [0, 0.05) is 17.3 Å². The Balaban J connectivity index is 2.51. The van der Waals surface area contributed by atoms with Crippen LogP contribution >= 0.6 is 0 Å². The van der Waals surface area contributed by atoms with Crippen LogP contribution in [-0.4, -0.2) is 10.8 Å². The van der Waals surface area contributed by atoms with Crippen LogP contribution in [0.25, 0.3) is 17.2 Å². The zero-order chi connectivity index (χ0) is 18.2. The Morgan fingerprint density at radius 1 is 1.12 bits per heavy atom. The first-order chi connectivity index (χ1) is 12.1. The van der Waals surface area contributed by atoms with E-state index in [1.54, 1.807) is 6.08 Å². The van der Waals surface area contributed by atoms with Gasteiger partial charge in [0.2, 0.25) is 0 Å². The largest absolute Gasteiger partial charge is 0.289 e. The van der Waals surface area contributed by atoms with Crippen molar-refractivity contribution >= 4 is 11.9 Å². The topological polar surface area (TPSA) is 30.0 Å². The monoisotopic (exact) mass is 329 g/mol. The molecule has 1 aromatic carbocycles. The van der Waals surface area contributed by atoms with Gasteiger partial charge in [-0.15, -0.1) is 0 Å². The molecular weight excluding hydrogens is 306 g/mol. The van der Waals surface area contributed by atoms with E-state index in [4.69, 9.17) is 0 Å². The third kappa shape index (κ3) is 4.74. The lowest BCUT2D eigenvalue weighted by atomic mass is 9.97. The zero-order valence-corrected chi connectivity index (χ0v) is 15.0. The standard InChI is InChI=1S/C23H23NO/c1-5-10-17(3)14-18(4)23(25)21-15-20(16-24-22(21)11-6-2)19-12-8-7-9-13-19/h5-16H,1H2,2-4H3/b11-6-,17-10-,18-14+. The minimum absolute atomic E-state index is 0.0183. The summed E-state index contributed by atoms with van der Waals surface area (Å²) in [5.74, 6) is -0.0183. The van der Waals surface area contributed by atoms with Crippen molar-refractivity contribution in [3.8, 4) is 11.1 Å². The van der Waals surface area contributed by atoms with Gasteiger partial charge in [-0.3, -0.25) is 9.78 Å². The first-order valence-electron chi connectivity index (χ1n) is 8.27. The number of aromatic nitrogens is 1. The second kappa shape index (κ2) is 8.74. The summed E-state index contributed by atoms with van der Waals surface area (Å²) in [6, 6.07) is 11.9. The second-order valence-electron chi connectivity index (χ2n) is 5.83. The van der Waals surface area contributed by atoms with Crippen LogP contribution in [0.3, 0.4) is 0 Å². The first-order valence-corrected chi connectivity index (χ1v) is 8.27. The van der Waals surface area contributed by atoms with Gasteiger partial charge in [0.15, 0.2) is 5.78 Å². The molecule has 126 valence electrons. The third-order valence-corrected chi connectivity index (χ3v) is 3.78. The molecule has 0 unspecified atom stereocenters. The van der Waals surface area contributed by atoms with Crippen LogP contribution in [-0.2, 0) is 0 Å². The van der Waals surface area contributed by atoms with E-state index in [0.717, 1.165) is 16.7 Å². The van der Waals surface area contributed by atoms with E-state index < -0.39 is 0 Å². The number of Topliss-reactive ketones (excluding diaryl/α,β-unsaturated/α-hetero) is 1. The van der Waals surface area contributed by atoms with Gasteiger partial charge in [-0.05, 0) is 44.1 Å². The van der Waals surface area contributed by atoms with Crippen LogP contribution in [0.4, 0.5) is 0 Å². The maximum Gasteiger partial charge on any atom is 0.190 e. The molecule has 0 spiro atoms. The highest BCUT2D eigenvalue weighted by molar-refractivity contribution is 6.10. The van der Waals surface area contributed by atoms with Gasteiger partial charge in [-0.1, -0.05) is 66.8 Å². The van der Waals surface area contributed by atoms with Crippen molar-refractivity contribution < 1.29 is 4.79 Å². The van der Waals surface area contributed by atoms with Crippen molar-refractivity contribution in [3.05, 3.63) is 95.9 Å². The number of hydrogen-bond donors (Lipinski definition) is 0. The van der Waals surface area contributed by atoms with Gasteiger partial charge in [-0.25, -0.2) is 0 Å². The average molecular weight is 329 g/mol. The molecule has 0 aliphatic heterocycles. The van der Waals surface area contributed by atoms with E-state index in [-0.39, 0.29) is 5.78 Å². The Morgan fingerprint density at radius 3 is 2.48 bits per heavy atom. The summed E-state index contributed by atoms with van der Waals surface area (Å²) in [5, 5.41) is 0. The molecule has 0 bridgehead atoms. The number of pyridine rings is 1. The molecule has 0 saturated heterocycles. The molecule has 0 radical (unpaired) electrons. The fourth-order valence-corrected chi connectivity index (χ4v) is 2.59. The molecule has 1 aromatic heterocycles. The number of nitrogens with zero attached hydrogens (tertiary/aromatic N) is 1. The van der Waals surface area contributed by atoms with E-state index in [1.165, 1.54) is 0 Å². The fourth-order valence-electron chi connectivity index (χ4n) is 2.59. The number of carbonyl (C=O) groups is 1. The molecule has 2 heteroatoms. The molecule has 0 aliphatic rings. The van der Waals surface area contributed by atoms with Crippen molar-refractivity contribution in [2.75, 3.05) is 0 Å². The zero-order valence-electron chi connectivity index (χ0n) is 15.0. The van der Waals surface area contributed by atoms with Crippen LogP contribution in [0.5, 0.6) is 0 Å². The van der Waals surface area contributed by atoms with Gasteiger partial charge < -0.3 is 0 Å². The molecule has 0 saturated carbocycles. The molecular formula is C23H23NO. The fraction of sp³-hybridized carbons (Fsp3) is 0.130. The summed E-state index contributed by atoms with van der Waals surface area (Å²) in [6.45, 7) is 9.38. The maximum atomic E-state index is 13.0. The van der Waals surface area contributed by atoms with E-state index >= 15 is 0 Å². The van der Waals surface area contributed by atoms with Crippen LogP contribution in [0, 0.1) is 0 Å².